The van der Waals surface area contributed by atoms with Gasteiger partial charge in [0.05, 0.1) is 28.9 Å². The van der Waals surface area contributed by atoms with Crippen molar-refractivity contribution in [2.45, 2.75) is 18.4 Å². The second kappa shape index (κ2) is 11.2. The molecule has 6 nitrogen and oxygen atoms in total. The second-order valence-corrected chi connectivity index (χ2v) is 10.4. The maximum absolute atomic E-state index is 13.8. The molecule has 36 heavy (non-hydrogen) atoms. The Kier molecular flexibility index (Phi) is 7.83. The van der Waals surface area contributed by atoms with E-state index in [9.17, 15) is 13.2 Å². The van der Waals surface area contributed by atoms with Gasteiger partial charge in [-0.2, -0.15) is 5.10 Å². The summed E-state index contributed by atoms with van der Waals surface area (Å²) in [6.07, 6.45) is 1.49. The number of nitrogens with one attached hydrogen (secondary N) is 1. The Morgan fingerprint density at radius 2 is 1.53 bits per heavy atom. The molecule has 0 radical (unpaired) electrons. The van der Waals surface area contributed by atoms with Crippen LogP contribution in [0.1, 0.15) is 27.0 Å². The summed E-state index contributed by atoms with van der Waals surface area (Å²) < 4.78 is 28.9. The average molecular weight is 518 g/mol. The lowest BCUT2D eigenvalue weighted by Crippen LogP contribution is -2.33. The monoisotopic (exact) mass is 517 g/mol. The summed E-state index contributed by atoms with van der Waals surface area (Å²) in [5.41, 5.74) is 5.40. The highest BCUT2D eigenvalue weighted by atomic mass is 35.5. The number of benzene rings is 4. The SMILES string of the molecule is Cc1ccc(S(=O)(=O)N(Cc2ccccc2)c2ccccc2C(=O)N/N=C/c2ccc(Cl)cc2)cc1. The minimum atomic E-state index is -3.99. The predicted molar refractivity (Wildman–Crippen MR) is 144 cm³/mol. The molecule has 0 bridgehead atoms. The number of sulfonamides is 1. The Balaban J connectivity index is 1.70. The number of halogens is 1. The summed E-state index contributed by atoms with van der Waals surface area (Å²) in [6, 6.07) is 29.4. The van der Waals surface area contributed by atoms with Crippen LogP contribution >= 0.6 is 11.6 Å². The zero-order valence-electron chi connectivity index (χ0n) is 19.5. The summed E-state index contributed by atoms with van der Waals surface area (Å²) in [5, 5.41) is 4.62. The molecule has 8 heteroatoms. The van der Waals surface area contributed by atoms with Gasteiger partial charge in [-0.3, -0.25) is 9.10 Å². The van der Waals surface area contributed by atoms with Crippen molar-refractivity contribution in [2.75, 3.05) is 4.31 Å². The molecule has 0 aliphatic rings. The lowest BCUT2D eigenvalue weighted by molar-refractivity contribution is 0.0956. The first-order valence-electron chi connectivity index (χ1n) is 11.2. The number of hydrogen-bond donors (Lipinski definition) is 1. The zero-order valence-corrected chi connectivity index (χ0v) is 21.1. The molecule has 0 heterocycles. The van der Waals surface area contributed by atoms with E-state index in [2.05, 4.69) is 10.5 Å². The standard InChI is InChI=1S/C28H24ClN3O3S/c1-21-11-17-25(18-12-21)36(34,35)32(20-23-7-3-2-4-8-23)27-10-6-5-9-26(27)28(33)31-30-19-22-13-15-24(29)16-14-22/h2-19H,20H2,1H3,(H,31,33)/b30-19+. The van der Waals surface area contributed by atoms with Crippen molar-refractivity contribution in [3.63, 3.8) is 0 Å². The van der Waals surface area contributed by atoms with Gasteiger partial charge in [0.15, 0.2) is 0 Å². The molecule has 0 atom stereocenters. The zero-order chi connectivity index (χ0) is 25.5. The van der Waals surface area contributed by atoms with Crippen molar-refractivity contribution in [2.24, 2.45) is 5.10 Å². The fourth-order valence-electron chi connectivity index (χ4n) is 3.54. The fraction of sp³-hybridized carbons (Fsp3) is 0.0714. The number of anilines is 1. The van der Waals surface area contributed by atoms with E-state index in [1.165, 1.54) is 10.5 Å². The first-order chi connectivity index (χ1) is 17.3. The van der Waals surface area contributed by atoms with Crippen LogP contribution in [0.2, 0.25) is 5.02 Å². The van der Waals surface area contributed by atoms with Crippen molar-refractivity contribution in [1.82, 2.24) is 5.43 Å². The molecule has 1 N–H and O–H groups in total. The van der Waals surface area contributed by atoms with Crippen LogP contribution in [0.3, 0.4) is 0 Å². The van der Waals surface area contributed by atoms with Gasteiger partial charge in [-0.25, -0.2) is 13.8 Å². The van der Waals surface area contributed by atoms with Crippen LogP contribution in [-0.2, 0) is 16.6 Å². The number of hydrogen-bond acceptors (Lipinski definition) is 4. The number of carbonyl (C=O) groups is 1. The van der Waals surface area contributed by atoms with Crippen LogP contribution in [0.15, 0.2) is 113 Å². The van der Waals surface area contributed by atoms with E-state index in [1.54, 1.807) is 72.8 Å². The molecular weight excluding hydrogens is 494 g/mol. The summed E-state index contributed by atoms with van der Waals surface area (Å²) in [7, 11) is -3.99. The smallest absolute Gasteiger partial charge is 0.267 e. The lowest BCUT2D eigenvalue weighted by atomic mass is 10.1. The van der Waals surface area contributed by atoms with Crippen molar-refractivity contribution >= 4 is 39.4 Å². The molecule has 4 rings (SSSR count). The number of carbonyl (C=O) groups excluding carboxylic acids is 1. The molecule has 182 valence electrons. The van der Waals surface area contributed by atoms with Gasteiger partial charge in [0.1, 0.15) is 0 Å². The van der Waals surface area contributed by atoms with Gasteiger partial charge < -0.3 is 0 Å². The third-order valence-corrected chi connectivity index (χ3v) is 7.47. The molecule has 0 aliphatic carbocycles. The molecule has 0 saturated carbocycles. The largest absolute Gasteiger partial charge is 0.273 e. The third-order valence-electron chi connectivity index (χ3n) is 5.45. The van der Waals surface area contributed by atoms with Crippen LogP contribution in [-0.4, -0.2) is 20.5 Å². The van der Waals surface area contributed by atoms with E-state index >= 15 is 0 Å². The number of rotatable bonds is 8. The van der Waals surface area contributed by atoms with E-state index < -0.39 is 15.9 Å². The maximum Gasteiger partial charge on any atom is 0.273 e. The van der Waals surface area contributed by atoms with Crippen LogP contribution < -0.4 is 9.73 Å². The highest BCUT2D eigenvalue weighted by Crippen LogP contribution is 2.29. The Morgan fingerprint density at radius 3 is 2.22 bits per heavy atom. The molecule has 4 aromatic carbocycles. The molecule has 0 unspecified atom stereocenters. The van der Waals surface area contributed by atoms with Crippen molar-refractivity contribution in [3.05, 3.63) is 130 Å². The molecular formula is C28H24ClN3O3S. The Labute approximate surface area is 215 Å². The van der Waals surface area contributed by atoms with E-state index in [0.717, 1.165) is 16.7 Å². The molecule has 0 spiro atoms. The van der Waals surface area contributed by atoms with E-state index in [0.29, 0.717) is 5.02 Å². The highest BCUT2D eigenvalue weighted by molar-refractivity contribution is 7.92. The van der Waals surface area contributed by atoms with Crippen molar-refractivity contribution < 1.29 is 13.2 Å². The van der Waals surface area contributed by atoms with Gasteiger partial charge in [-0.05, 0) is 54.4 Å². The molecule has 0 aliphatic heterocycles. The number of para-hydroxylation sites is 1. The number of amides is 1. The highest BCUT2D eigenvalue weighted by Gasteiger charge is 2.28. The minimum absolute atomic E-state index is 0.0510. The number of aryl methyl sites for hydroxylation is 1. The third kappa shape index (κ3) is 6.00. The maximum atomic E-state index is 13.8. The Bertz CT molecular complexity index is 1470. The average Bonchev–Trinajstić information content (AvgIpc) is 2.89. The van der Waals surface area contributed by atoms with Crippen LogP contribution in [0, 0.1) is 6.92 Å². The van der Waals surface area contributed by atoms with Crippen molar-refractivity contribution in [3.8, 4) is 0 Å². The number of hydrazone groups is 1. The molecule has 0 fully saturated rings. The molecule has 4 aromatic rings. The van der Waals surface area contributed by atoms with Crippen molar-refractivity contribution in [1.29, 1.82) is 0 Å². The minimum Gasteiger partial charge on any atom is -0.267 e. The van der Waals surface area contributed by atoms with E-state index in [-0.39, 0.29) is 22.7 Å². The molecule has 0 aromatic heterocycles. The quantitative estimate of drug-likeness (QED) is 0.237. The lowest BCUT2D eigenvalue weighted by Gasteiger charge is -2.26. The Hall–Kier alpha value is -3.94. The normalized spacial score (nSPS) is 11.4. The van der Waals surface area contributed by atoms with Gasteiger partial charge in [0.25, 0.3) is 15.9 Å². The first kappa shape index (κ1) is 25.2. The van der Waals surface area contributed by atoms with E-state index in [4.69, 9.17) is 11.6 Å². The van der Waals surface area contributed by atoms with Gasteiger partial charge in [0, 0.05) is 5.02 Å². The summed E-state index contributed by atoms with van der Waals surface area (Å²) in [6.45, 7) is 1.94. The predicted octanol–water partition coefficient (Wildman–Crippen LogP) is 5.81. The fourth-order valence-corrected chi connectivity index (χ4v) is 5.14. The van der Waals surface area contributed by atoms with Gasteiger partial charge in [-0.1, -0.05) is 83.9 Å². The topological polar surface area (TPSA) is 78.8 Å². The van der Waals surface area contributed by atoms with Gasteiger partial charge in [-0.15, -0.1) is 0 Å². The van der Waals surface area contributed by atoms with Gasteiger partial charge in [0.2, 0.25) is 0 Å². The first-order valence-corrected chi connectivity index (χ1v) is 13.0. The summed E-state index contributed by atoms with van der Waals surface area (Å²) in [4.78, 5) is 13.2. The van der Waals surface area contributed by atoms with Crippen LogP contribution in [0.4, 0.5) is 5.69 Å². The molecule has 1 amide bonds. The Morgan fingerprint density at radius 1 is 0.889 bits per heavy atom. The van der Waals surface area contributed by atoms with E-state index in [1.807, 2.05) is 37.3 Å². The summed E-state index contributed by atoms with van der Waals surface area (Å²) in [5.74, 6) is -0.534. The summed E-state index contributed by atoms with van der Waals surface area (Å²) >= 11 is 5.90. The molecule has 0 saturated heterocycles. The van der Waals surface area contributed by atoms with Crippen LogP contribution in [0.25, 0.3) is 0 Å². The second-order valence-electron chi connectivity index (χ2n) is 8.08. The number of nitrogens with zero attached hydrogens (tertiary/aromatic N) is 2. The van der Waals surface area contributed by atoms with Crippen LogP contribution in [0.5, 0.6) is 0 Å². The van der Waals surface area contributed by atoms with Gasteiger partial charge >= 0.3 is 0 Å².